The maximum atomic E-state index is 12.0. The number of nitrogens with one attached hydrogen (secondary N) is 1. The van der Waals surface area contributed by atoms with Gasteiger partial charge in [0.25, 0.3) is 5.91 Å². The van der Waals surface area contributed by atoms with Crippen LogP contribution >= 0.6 is 11.6 Å². The van der Waals surface area contributed by atoms with Crippen LogP contribution in [0.15, 0.2) is 30.3 Å². The fraction of sp³-hybridized carbons (Fsp3) is 0.381. The van der Waals surface area contributed by atoms with Gasteiger partial charge in [0.15, 0.2) is 6.61 Å². The lowest BCUT2D eigenvalue weighted by molar-refractivity contribution is -0.142. The van der Waals surface area contributed by atoms with Crippen molar-refractivity contribution in [3.8, 4) is 0 Å². The molecule has 1 aromatic heterocycles. The lowest BCUT2D eigenvalue weighted by Gasteiger charge is -2.13. The van der Waals surface area contributed by atoms with Gasteiger partial charge in [-0.3, -0.25) is 9.48 Å². The number of ether oxygens (including phenoxy) is 1. The number of aromatic nitrogens is 2. The number of rotatable bonds is 8. The van der Waals surface area contributed by atoms with Crippen LogP contribution in [-0.4, -0.2) is 42.4 Å². The van der Waals surface area contributed by atoms with Crippen LogP contribution in [-0.2, 0) is 20.9 Å². The second kappa shape index (κ2) is 10.1. The number of carbonyl (C=O) groups is 2. The van der Waals surface area contributed by atoms with E-state index >= 15 is 0 Å². The van der Waals surface area contributed by atoms with E-state index in [0.29, 0.717) is 28.9 Å². The number of carbonyl (C=O) groups excluding carboxylic acids is 2. The van der Waals surface area contributed by atoms with Gasteiger partial charge in [-0.15, -0.1) is 0 Å². The molecule has 1 N–H and O–H groups in total. The number of benzene rings is 1. The van der Waals surface area contributed by atoms with Crippen LogP contribution in [0.4, 0.5) is 11.4 Å². The van der Waals surface area contributed by atoms with Crippen LogP contribution in [0.5, 0.6) is 0 Å². The molecule has 2 rings (SSSR count). The second-order valence-electron chi connectivity index (χ2n) is 7.30. The van der Waals surface area contributed by atoms with E-state index in [1.54, 1.807) is 22.9 Å². The molecule has 0 saturated heterocycles. The molecule has 0 spiro atoms. The number of hydrogen-bond acceptors (Lipinski definition) is 5. The predicted molar refractivity (Wildman–Crippen MR) is 116 cm³/mol. The number of halogens is 1. The van der Waals surface area contributed by atoms with Gasteiger partial charge in [-0.2, -0.15) is 5.10 Å². The molecule has 0 radical (unpaired) electrons. The minimum atomic E-state index is -0.629. The summed E-state index contributed by atoms with van der Waals surface area (Å²) in [6.07, 6.45) is 2.80. The van der Waals surface area contributed by atoms with Gasteiger partial charge in [-0.25, -0.2) is 4.79 Å². The third-order valence-electron chi connectivity index (χ3n) is 4.05. The van der Waals surface area contributed by atoms with E-state index in [-0.39, 0.29) is 6.61 Å². The highest BCUT2D eigenvalue weighted by atomic mass is 35.5. The quantitative estimate of drug-likeness (QED) is 0.521. The Bertz CT molecular complexity index is 886. The van der Waals surface area contributed by atoms with Crippen molar-refractivity contribution in [2.75, 3.05) is 30.9 Å². The van der Waals surface area contributed by atoms with Gasteiger partial charge in [0, 0.05) is 43.7 Å². The highest BCUT2D eigenvalue weighted by Crippen LogP contribution is 2.22. The zero-order chi connectivity index (χ0) is 21.6. The maximum absolute atomic E-state index is 12.0. The number of anilines is 2. The first-order chi connectivity index (χ1) is 13.7. The highest BCUT2D eigenvalue weighted by molar-refractivity contribution is 6.31. The molecule has 0 aliphatic heterocycles. The van der Waals surface area contributed by atoms with Crippen molar-refractivity contribution in [1.29, 1.82) is 0 Å². The Balaban J connectivity index is 1.88. The zero-order valence-electron chi connectivity index (χ0n) is 17.4. The summed E-state index contributed by atoms with van der Waals surface area (Å²) in [4.78, 5) is 25.9. The Morgan fingerprint density at radius 3 is 2.52 bits per heavy atom. The Kier molecular flexibility index (Phi) is 7.84. The molecule has 1 amide bonds. The average molecular weight is 419 g/mol. The minimum Gasteiger partial charge on any atom is -0.452 e. The molecule has 0 aliphatic carbocycles. The monoisotopic (exact) mass is 418 g/mol. The van der Waals surface area contributed by atoms with Crippen LogP contribution in [0.25, 0.3) is 6.08 Å². The number of amides is 1. The molecule has 1 heterocycles. The van der Waals surface area contributed by atoms with Crippen molar-refractivity contribution in [2.24, 2.45) is 5.92 Å². The molecule has 0 fully saturated rings. The topological polar surface area (TPSA) is 76.5 Å². The van der Waals surface area contributed by atoms with E-state index in [2.05, 4.69) is 24.3 Å². The molecule has 0 aliphatic rings. The van der Waals surface area contributed by atoms with E-state index < -0.39 is 11.9 Å². The van der Waals surface area contributed by atoms with E-state index in [0.717, 1.165) is 11.4 Å². The van der Waals surface area contributed by atoms with E-state index in [1.807, 2.05) is 38.1 Å². The summed E-state index contributed by atoms with van der Waals surface area (Å²) in [6.45, 7) is 6.28. The smallest absolute Gasteiger partial charge is 0.331 e. The summed E-state index contributed by atoms with van der Waals surface area (Å²) < 4.78 is 6.70. The van der Waals surface area contributed by atoms with Gasteiger partial charge in [-0.1, -0.05) is 25.4 Å². The lowest BCUT2D eigenvalue weighted by atomic mass is 10.2. The number of aryl methyl sites for hydroxylation is 1. The third kappa shape index (κ3) is 6.64. The summed E-state index contributed by atoms with van der Waals surface area (Å²) in [5.41, 5.74) is 3.03. The van der Waals surface area contributed by atoms with Gasteiger partial charge < -0.3 is 15.0 Å². The van der Waals surface area contributed by atoms with Gasteiger partial charge in [0.1, 0.15) is 5.15 Å². The summed E-state index contributed by atoms with van der Waals surface area (Å²) in [6, 6.07) is 7.34. The molecule has 1 aromatic carbocycles. The molecule has 7 nitrogen and oxygen atoms in total. The van der Waals surface area contributed by atoms with Gasteiger partial charge in [-0.05, 0) is 43.2 Å². The largest absolute Gasteiger partial charge is 0.452 e. The first kappa shape index (κ1) is 22.5. The van der Waals surface area contributed by atoms with Crippen LogP contribution in [0.1, 0.15) is 25.1 Å². The molecule has 8 heteroatoms. The highest BCUT2D eigenvalue weighted by Gasteiger charge is 2.13. The molecule has 156 valence electrons. The summed E-state index contributed by atoms with van der Waals surface area (Å²) in [7, 11) is 3.87. The summed E-state index contributed by atoms with van der Waals surface area (Å²) in [5, 5.41) is 7.54. The van der Waals surface area contributed by atoms with Crippen LogP contribution in [0, 0.1) is 12.8 Å². The first-order valence-corrected chi connectivity index (χ1v) is 9.70. The fourth-order valence-electron chi connectivity index (χ4n) is 2.60. The van der Waals surface area contributed by atoms with Crippen molar-refractivity contribution in [1.82, 2.24) is 9.78 Å². The molecular formula is C21H27ClN4O3. The minimum absolute atomic E-state index is 0.377. The van der Waals surface area contributed by atoms with Gasteiger partial charge in [0.05, 0.1) is 5.69 Å². The Morgan fingerprint density at radius 2 is 1.93 bits per heavy atom. The van der Waals surface area contributed by atoms with Gasteiger partial charge >= 0.3 is 5.97 Å². The maximum Gasteiger partial charge on any atom is 0.331 e. The lowest BCUT2D eigenvalue weighted by Crippen LogP contribution is -2.20. The van der Waals surface area contributed by atoms with Crippen molar-refractivity contribution in [2.45, 2.75) is 27.3 Å². The Morgan fingerprint density at radius 1 is 1.28 bits per heavy atom. The van der Waals surface area contributed by atoms with Crippen molar-refractivity contribution >= 4 is 40.9 Å². The fourth-order valence-corrected chi connectivity index (χ4v) is 2.91. The predicted octanol–water partition coefficient (Wildman–Crippen LogP) is 3.76. The summed E-state index contributed by atoms with van der Waals surface area (Å²) in [5.74, 6) is -0.648. The third-order valence-corrected chi connectivity index (χ3v) is 4.45. The molecule has 0 saturated carbocycles. The normalized spacial score (nSPS) is 11.1. The van der Waals surface area contributed by atoms with Crippen molar-refractivity contribution in [3.63, 3.8) is 0 Å². The number of esters is 1. The Hall–Kier alpha value is -2.80. The van der Waals surface area contributed by atoms with E-state index in [4.69, 9.17) is 16.3 Å². The SMILES string of the molecule is Cc1nn(CC(C)C)c(Cl)c1/C=C/C(=O)OCC(=O)Nc1ccc(N(C)C)cc1. The summed E-state index contributed by atoms with van der Waals surface area (Å²) >= 11 is 6.34. The van der Waals surface area contributed by atoms with Crippen LogP contribution in [0.2, 0.25) is 5.15 Å². The molecule has 0 bridgehead atoms. The first-order valence-electron chi connectivity index (χ1n) is 9.32. The van der Waals surface area contributed by atoms with Crippen LogP contribution in [0.3, 0.4) is 0 Å². The van der Waals surface area contributed by atoms with E-state index in [9.17, 15) is 9.59 Å². The molecule has 0 atom stereocenters. The second-order valence-corrected chi connectivity index (χ2v) is 7.65. The average Bonchev–Trinajstić information content (AvgIpc) is 2.91. The van der Waals surface area contributed by atoms with Gasteiger partial charge in [0.2, 0.25) is 0 Å². The Labute approximate surface area is 176 Å². The van der Waals surface area contributed by atoms with Crippen molar-refractivity contribution < 1.29 is 14.3 Å². The molecular weight excluding hydrogens is 392 g/mol. The molecule has 29 heavy (non-hydrogen) atoms. The standard InChI is InChI=1S/C21H27ClN4O3/c1-14(2)12-26-21(22)18(15(3)24-26)10-11-20(28)29-13-19(27)23-16-6-8-17(9-7-16)25(4)5/h6-11,14H,12-13H2,1-5H3,(H,23,27)/b11-10+. The zero-order valence-corrected chi connectivity index (χ0v) is 18.2. The molecule has 2 aromatic rings. The van der Waals surface area contributed by atoms with Crippen LogP contribution < -0.4 is 10.2 Å². The van der Waals surface area contributed by atoms with Crippen molar-refractivity contribution in [3.05, 3.63) is 46.8 Å². The number of hydrogen-bond donors (Lipinski definition) is 1. The van der Waals surface area contributed by atoms with E-state index in [1.165, 1.54) is 6.08 Å². The molecule has 0 unspecified atom stereocenters. The number of nitrogens with zero attached hydrogens (tertiary/aromatic N) is 3.